The van der Waals surface area contributed by atoms with Crippen molar-refractivity contribution in [2.75, 3.05) is 26.8 Å². The summed E-state index contributed by atoms with van der Waals surface area (Å²) in [6.45, 7) is 4.80. The Labute approximate surface area is 144 Å². The van der Waals surface area contributed by atoms with Crippen molar-refractivity contribution in [2.24, 2.45) is 0 Å². The number of carbonyl (C=O) groups is 1. The van der Waals surface area contributed by atoms with E-state index in [0.717, 1.165) is 42.9 Å². The molecule has 0 saturated carbocycles. The molecule has 2 rings (SSSR count). The third-order valence-corrected chi connectivity index (χ3v) is 3.71. The Balaban J connectivity index is 0.00000264. The van der Waals surface area contributed by atoms with Gasteiger partial charge in [0.05, 0.1) is 13.2 Å². The minimum absolute atomic E-state index is 0. The number of rotatable bonds is 8. The molecule has 1 aliphatic rings. The molecule has 1 aliphatic heterocycles. The summed E-state index contributed by atoms with van der Waals surface area (Å²) in [7, 11) is 1.89. The molecule has 6 heteroatoms. The van der Waals surface area contributed by atoms with Crippen molar-refractivity contribution in [1.82, 2.24) is 10.6 Å². The number of nitrogens with one attached hydrogen (secondary N) is 2. The Bertz CT molecular complexity index is 491. The van der Waals surface area contributed by atoms with Gasteiger partial charge in [-0.05, 0) is 38.6 Å². The Hall–Kier alpha value is -1.30. The number of carbonyl (C=O) groups excluding carboxylic acids is 1. The van der Waals surface area contributed by atoms with Crippen molar-refractivity contribution in [1.29, 1.82) is 0 Å². The van der Waals surface area contributed by atoms with Crippen molar-refractivity contribution in [2.45, 2.75) is 38.8 Å². The average Bonchev–Trinajstić information content (AvgIpc) is 3.00. The second-order valence-electron chi connectivity index (χ2n) is 5.70. The van der Waals surface area contributed by atoms with E-state index in [9.17, 15) is 4.79 Å². The zero-order chi connectivity index (χ0) is 15.8. The summed E-state index contributed by atoms with van der Waals surface area (Å²) >= 11 is 0. The summed E-state index contributed by atoms with van der Waals surface area (Å²) in [6.07, 6.45) is 2.43. The van der Waals surface area contributed by atoms with Crippen LogP contribution in [0.5, 0.6) is 5.75 Å². The summed E-state index contributed by atoms with van der Waals surface area (Å²) in [5.74, 6) is 0.928. The number of aryl methyl sites for hydroxylation is 1. The lowest BCUT2D eigenvalue weighted by Gasteiger charge is -2.17. The van der Waals surface area contributed by atoms with Gasteiger partial charge in [0, 0.05) is 24.9 Å². The summed E-state index contributed by atoms with van der Waals surface area (Å²) in [5.41, 5.74) is 2.16. The molecular weight excluding hydrogens is 316 g/mol. The minimum atomic E-state index is 0. The topological polar surface area (TPSA) is 59.6 Å². The van der Waals surface area contributed by atoms with Gasteiger partial charge in [0.15, 0.2) is 0 Å². The predicted octanol–water partition coefficient (Wildman–Crippen LogP) is 2.20. The standard InChI is InChI=1S/C17H26N2O3.ClH/c1-13-5-6-14(11-19-17(20)4-3-8-18-2)16(10-13)22-15-7-9-21-12-15;/h5-6,10,15,18H,3-4,7-9,11-12H2,1-2H3,(H,19,20);1H. The van der Waals surface area contributed by atoms with Crippen LogP contribution in [0, 0.1) is 6.92 Å². The number of hydrogen-bond donors (Lipinski definition) is 2. The fourth-order valence-electron chi connectivity index (χ4n) is 2.41. The van der Waals surface area contributed by atoms with Crippen LogP contribution in [0.1, 0.15) is 30.4 Å². The molecule has 1 unspecified atom stereocenters. The predicted molar refractivity (Wildman–Crippen MR) is 93.3 cm³/mol. The quantitative estimate of drug-likeness (QED) is 0.711. The highest BCUT2D eigenvalue weighted by Gasteiger charge is 2.18. The van der Waals surface area contributed by atoms with Gasteiger partial charge in [-0.25, -0.2) is 0 Å². The number of benzene rings is 1. The fraction of sp³-hybridized carbons (Fsp3) is 0.588. The van der Waals surface area contributed by atoms with Gasteiger partial charge in [-0.2, -0.15) is 0 Å². The molecule has 130 valence electrons. The molecule has 0 bridgehead atoms. The van der Waals surface area contributed by atoms with Crippen molar-refractivity contribution >= 4 is 18.3 Å². The third kappa shape index (κ3) is 6.77. The van der Waals surface area contributed by atoms with Crippen LogP contribution >= 0.6 is 12.4 Å². The maximum atomic E-state index is 11.8. The molecule has 0 aromatic heterocycles. The molecule has 1 aromatic carbocycles. The summed E-state index contributed by atoms with van der Waals surface area (Å²) in [5, 5.41) is 6.01. The van der Waals surface area contributed by atoms with Gasteiger partial charge < -0.3 is 20.1 Å². The van der Waals surface area contributed by atoms with E-state index >= 15 is 0 Å². The van der Waals surface area contributed by atoms with Crippen molar-refractivity contribution < 1.29 is 14.3 Å². The zero-order valence-electron chi connectivity index (χ0n) is 13.9. The van der Waals surface area contributed by atoms with Gasteiger partial charge in [-0.3, -0.25) is 4.79 Å². The average molecular weight is 343 g/mol. The molecule has 2 N–H and O–H groups in total. The highest BCUT2D eigenvalue weighted by Crippen LogP contribution is 2.23. The Morgan fingerprint density at radius 2 is 2.26 bits per heavy atom. The molecule has 1 saturated heterocycles. The second kappa shape index (κ2) is 10.5. The fourth-order valence-corrected chi connectivity index (χ4v) is 2.41. The van der Waals surface area contributed by atoms with Gasteiger partial charge in [0.2, 0.25) is 5.91 Å². The Morgan fingerprint density at radius 1 is 1.43 bits per heavy atom. The van der Waals surface area contributed by atoms with Crippen LogP contribution < -0.4 is 15.4 Å². The Morgan fingerprint density at radius 3 is 2.96 bits per heavy atom. The first-order chi connectivity index (χ1) is 10.7. The van der Waals surface area contributed by atoms with Crippen LogP contribution in [0.15, 0.2) is 18.2 Å². The maximum absolute atomic E-state index is 11.8. The lowest BCUT2D eigenvalue weighted by Crippen LogP contribution is -2.24. The molecule has 0 aliphatic carbocycles. The van der Waals surface area contributed by atoms with Crippen molar-refractivity contribution in [3.63, 3.8) is 0 Å². The van der Waals surface area contributed by atoms with Gasteiger partial charge in [-0.1, -0.05) is 12.1 Å². The molecule has 1 fully saturated rings. The van der Waals surface area contributed by atoms with Gasteiger partial charge in [-0.15, -0.1) is 12.4 Å². The maximum Gasteiger partial charge on any atom is 0.220 e. The van der Waals surface area contributed by atoms with E-state index in [1.807, 2.05) is 32.2 Å². The van der Waals surface area contributed by atoms with Crippen molar-refractivity contribution in [3.05, 3.63) is 29.3 Å². The lowest BCUT2D eigenvalue weighted by molar-refractivity contribution is -0.121. The first-order valence-electron chi connectivity index (χ1n) is 7.94. The smallest absolute Gasteiger partial charge is 0.220 e. The second-order valence-corrected chi connectivity index (χ2v) is 5.70. The van der Waals surface area contributed by atoms with Gasteiger partial charge in [0.25, 0.3) is 0 Å². The van der Waals surface area contributed by atoms with Crippen LogP contribution in [-0.4, -0.2) is 38.8 Å². The number of ether oxygens (including phenoxy) is 2. The van der Waals surface area contributed by atoms with E-state index in [-0.39, 0.29) is 24.4 Å². The molecule has 0 radical (unpaired) electrons. The van der Waals surface area contributed by atoms with Crippen LogP contribution in [0.2, 0.25) is 0 Å². The van der Waals surface area contributed by atoms with Crippen LogP contribution in [0.25, 0.3) is 0 Å². The molecule has 1 amide bonds. The lowest BCUT2D eigenvalue weighted by atomic mass is 10.1. The molecule has 1 atom stereocenters. The van der Waals surface area contributed by atoms with E-state index in [1.165, 1.54) is 0 Å². The van der Waals surface area contributed by atoms with Crippen molar-refractivity contribution in [3.8, 4) is 5.75 Å². The summed E-state index contributed by atoms with van der Waals surface area (Å²) < 4.78 is 11.4. The van der Waals surface area contributed by atoms with E-state index in [0.29, 0.717) is 19.6 Å². The van der Waals surface area contributed by atoms with E-state index in [1.54, 1.807) is 0 Å². The van der Waals surface area contributed by atoms with E-state index in [4.69, 9.17) is 9.47 Å². The summed E-state index contributed by atoms with van der Waals surface area (Å²) in [4.78, 5) is 11.8. The molecule has 5 nitrogen and oxygen atoms in total. The monoisotopic (exact) mass is 342 g/mol. The molecule has 0 spiro atoms. The van der Waals surface area contributed by atoms with Crippen LogP contribution in [-0.2, 0) is 16.1 Å². The van der Waals surface area contributed by atoms with Gasteiger partial charge in [0.1, 0.15) is 11.9 Å². The SMILES string of the molecule is CNCCCC(=O)NCc1ccc(C)cc1OC1CCOC1.Cl. The zero-order valence-corrected chi connectivity index (χ0v) is 14.7. The first kappa shape index (κ1) is 19.7. The molecular formula is C17H27ClN2O3. The molecule has 23 heavy (non-hydrogen) atoms. The molecule has 1 heterocycles. The number of hydrogen-bond acceptors (Lipinski definition) is 4. The normalized spacial score (nSPS) is 16.7. The number of amides is 1. The number of halogens is 1. The first-order valence-corrected chi connectivity index (χ1v) is 7.94. The highest BCUT2D eigenvalue weighted by atomic mass is 35.5. The van der Waals surface area contributed by atoms with E-state index in [2.05, 4.69) is 10.6 Å². The van der Waals surface area contributed by atoms with E-state index < -0.39 is 0 Å². The summed E-state index contributed by atoms with van der Waals surface area (Å²) in [6, 6.07) is 6.09. The highest BCUT2D eigenvalue weighted by molar-refractivity contribution is 5.85. The van der Waals surface area contributed by atoms with Gasteiger partial charge >= 0.3 is 0 Å². The van der Waals surface area contributed by atoms with Crippen LogP contribution in [0.3, 0.4) is 0 Å². The van der Waals surface area contributed by atoms with Crippen LogP contribution in [0.4, 0.5) is 0 Å². The largest absolute Gasteiger partial charge is 0.488 e. The molecule has 1 aromatic rings. The third-order valence-electron chi connectivity index (χ3n) is 3.71. The Kier molecular flexibility index (Phi) is 8.99. The minimum Gasteiger partial charge on any atom is -0.488 e.